The van der Waals surface area contributed by atoms with Gasteiger partial charge in [-0.25, -0.2) is 4.98 Å². The van der Waals surface area contributed by atoms with Crippen LogP contribution in [-0.2, 0) is 4.79 Å². The van der Waals surface area contributed by atoms with E-state index in [-0.39, 0.29) is 5.92 Å². The summed E-state index contributed by atoms with van der Waals surface area (Å²) in [5.74, 6) is 6.13. The second-order valence-electron chi connectivity index (χ2n) is 6.20. The highest BCUT2D eigenvalue weighted by Crippen LogP contribution is 2.41. The van der Waals surface area contributed by atoms with Crippen molar-refractivity contribution in [3.63, 3.8) is 0 Å². The van der Waals surface area contributed by atoms with E-state index in [9.17, 15) is 9.90 Å². The first kappa shape index (κ1) is 21.6. The molecule has 1 aromatic heterocycles. The molecule has 4 N–H and O–H groups in total. The maximum Gasteiger partial charge on any atom is 0.277 e. The number of nitrogens with zero attached hydrogens (tertiary/aromatic N) is 1. The van der Waals surface area contributed by atoms with E-state index in [1.54, 1.807) is 0 Å². The van der Waals surface area contributed by atoms with Crippen molar-refractivity contribution in [2.45, 2.75) is 25.4 Å². The Bertz CT molecular complexity index is 901. The minimum absolute atomic E-state index is 0.112. The molecule has 1 amide bonds. The fourth-order valence-corrected chi connectivity index (χ4v) is 3.66. The summed E-state index contributed by atoms with van der Waals surface area (Å²) in [6, 6.07) is 5.59. The summed E-state index contributed by atoms with van der Waals surface area (Å²) in [5, 5.41) is 13.2. The van der Waals surface area contributed by atoms with Crippen LogP contribution in [0.15, 0.2) is 18.2 Å². The van der Waals surface area contributed by atoms with Crippen LogP contribution in [0, 0.1) is 11.8 Å². The van der Waals surface area contributed by atoms with Crippen LogP contribution in [0.4, 0.5) is 0 Å². The van der Waals surface area contributed by atoms with Gasteiger partial charge in [0.1, 0.15) is 18.6 Å². The van der Waals surface area contributed by atoms with Crippen LogP contribution in [0.3, 0.4) is 0 Å². The first-order valence-corrected chi connectivity index (χ1v) is 9.52. The summed E-state index contributed by atoms with van der Waals surface area (Å²) in [7, 11) is 1.83. The Morgan fingerprint density at radius 3 is 2.96 bits per heavy atom. The van der Waals surface area contributed by atoms with E-state index in [1.165, 1.54) is 11.3 Å². The third kappa shape index (κ3) is 4.95. The number of nitrogens with two attached hydrogens (primary N) is 1. The van der Waals surface area contributed by atoms with Crippen LogP contribution >= 0.6 is 11.3 Å². The minimum Gasteiger partial charge on any atom is -0.492 e. The summed E-state index contributed by atoms with van der Waals surface area (Å²) in [6.07, 6.45) is -0.123. The Labute approximate surface area is 167 Å². The predicted molar refractivity (Wildman–Crippen MR) is 109 cm³/mol. The van der Waals surface area contributed by atoms with Gasteiger partial charge in [-0.15, -0.1) is 11.3 Å². The lowest BCUT2D eigenvalue weighted by molar-refractivity contribution is -0.0980. The third-order valence-electron chi connectivity index (χ3n) is 4.09. The van der Waals surface area contributed by atoms with Gasteiger partial charge in [0, 0.05) is 21.9 Å². The maximum absolute atomic E-state index is 11.5. The molecule has 0 aliphatic carbocycles. The first-order chi connectivity index (χ1) is 13.5. The van der Waals surface area contributed by atoms with E-state index >= 15 is 0 Å². The highest BCUT2D eigenvalue weighted by atomic mass is 32.1. The summed E-state index contributed by atoms with van der Waals surface area (Å²) in [5.41, 5.74) is 7.68. The van der Waals surface area contributed by atoms with Crippen LogP contribution in [0.5, 0.6) is 5.75 Å². The number of thiazole rings is 1. The molecule has 3 rings (SSSR count). The lowest BCUT2D eigenvalue weighted by Gasteiger charge is -2.08. The van der Waals surface area contributed by atoms with Gasteiger partial charge in [0.05, 0.1) is 12.3 Å². The number of hydrogen-bond acceptors (Lipinski definition) is 7. The standard InChI is InChI=1S/C19H21N3O3S.CH2O/c1-11-10-25-15-6-4-12(3-5-13(23)7-8-21-2)9-14(15)16-17(11)26-19(22-16)18(20)24;1-2/h4,6,9,11,13,21,23H,7-8,10H2,1-2H3,(H2,20,24);1H2/t11-,13?;/m0./s1. The fraction of sp³-hybridized carbons (Fsp3) is 0.350. The van der Waals surface area contributed by atoms with Gasteiger partial charge in [-0.2, -0.15) is 0 Å². The smallest absolute Gasteiger partial charge is 0.277 e. The van der Waals surface area contributed by atoms with Gasteiger partial charge in [0.25, 0.3) is 5.91 Å². The molecule has 0 spiro atoms. The quantitative estimate of drug-likeness (QED) is 0.670. The van der Waals surface area contributed by atoms with Gasteiger partial charge in [0.15, 0.2) is 5.01 Å². The topological polar surface area (TPSA) is 115 Å². The average molecular weight is 401 g/mol. The third-order valence-corrected chi connectivity index (χ3v) is 5.39. The summed E-state index contributed by atoms with van der Waals surface area (Å²) in [6.45, 7) is 5.24. The zero-order chi connectivity index (χ0) is 20.7. The molecule has 0 bridgehead atoms. The molecule has 148 valence electrons. The van der Waals surface area contributed by atoms with Gasteiger partial charge in [-0.1, -0.05) is 18.8 Å². The van der Waals surface area contributed by atoms with Crippen molar-refractivity contribution in [3.8, 4) is 28.8 Å². The molecular weight excluding hydrogens is 378 g/mol. The second-order valence-corrected chi connectivity index (χ2v) is 7.23. The molecule has 1 aliphatic rings. The summed E-state index contributed by atoms with van der Waals surface area (Å²) in [4.78, 5) is 25.0. The summed E-state index contributed by atoms with van der Waals surface area (Å²) < 4.78 is 5.88. The highest BCUT2D eigenvalue weighted by Gasteiger charge is 2.26. The molecular formula is C20H23N3O4S. The number of nitrogens with one attached hydrogen (secondary N) is 1. The van der Waals surface area contributed by atoms with Gasteiger partial charge < -0.3 is 25.7 Å². The largest absolute Gasteiger partial charge is 0.492 e. The van der Waals surface area contributed by atoms with E-state index < -0.39 is 12.0 Å². The molecule has 0 fully saturated rings. The van der Waals surface area contributed by atoms with E-state index in [1.807, 2.05) is 39.0 Å². The molecule has 7 nitrogen and oxygen atoms in total. The van der Waals surface area contributed by atoms with Crippen molar-refractivity contribution in [1.29, 1.82) is 0 Å². The number of rotatable bonds is 4. The van der Waals surface area contributed by atoms with Crippen LogP contribution in [0.25, 0.3) is 11.3 Å². The second kappa shape index (κ2) is 9.99. The number of aromatic nitrogens is 1. The van der Waals surface area contributed by atoms with Crippen LogP contribution in [-0.4, -0.2) is 49.1 Å². The van der Waals surface area contributed by atoms with E-state index in [0.29, 0.717) is 30.3 Å². The van der Waals surface area contributed by atoms with E-state index in [0.717, 1.165) is 21.7 Å². The van der Waals surface area contributed by atoms with E-state index in [2.05, 4.69) is 22.1 Å². The number of primary amides is 1. The van der Waals surface area contributed by atoms with Crippen molar-refractivity contribution in [2.75, 3.05) is 20.2 Å². The fourth-order valence-electron chi connectivity index (χ4n) is 2.69. The van der Waals surface area contributed by atoms with Crippen molar-refractivity contribution >= 4 is 24.0 Å². The Balaban J connectivity index is 0.00000136. The normalized spacial score (nSPS) is 15.3. The molecule has 0 saturated heterocycles. The Hall–Kier alpha value is -2.73. The van der Waals surface area contributed by atoms with Gasteiger partial charge in [-0.05, 0) is 38.2 Å². The van der Waals surface area contributed by atoms with Crippen molar-refractivity contribution in [1.82, 2.24) is 10.3 Å². The van der Waals surface area contributed by atoms with Crippen LogP contribution in [0.1, 0.15) is 39.5 Å². The lowest BCUT2D eigenvalue weighted by Crippen LogP contribution is -2.15. The molecule has 8 heteroatoms. The van der Waals surface area contributed by atoms with Gasteiger partial charge >= 0.3 is 0 Å². The van der Waals surface area contributed by atoms with Gasteiger partial charge in [0.2, 0.25) is 0 Å². The van der Waals surface area contributed by atoms with Gasteiger partial charge in [-0.3, -0.25) is 4.79 Å². The molecule has 28 heavy (non-hydrogen) atoms. The van der Waals surface area contributed by atoms with Crippen molar-refractivity contribution in [2.24, 2.45) is 5.73 Å². The Morgan fingerprint density at radius 2 is 2.29 bits per heavy atom. The van der Waals surface area contributed by atoms with Crippen LogP contribution in [0.2, 0.25) is 0 Å². The predicted octanol–water partition coefficient (Wildman–Crippen LogP) is 1.54. The summed E-state index contributed by atoms with van der Waals surface area (Å²) >= 11 is 1.31. The molecule has 0 radical (unpaired) electrons. The SMILES string of the molecule is C=O.CNCCC(O)C#Cc1ccc2c(c1)-c1nc(C(N)=O)sc1[C@@H](C)CO2. The average Bonchev–Trinajstić information content (AvgIpc) is 3.11. The molecule has 1 unspecified atom stereocenters. The molecule has 2 aromatic rings. The number of benzene rings is 1. The maximum atomic E-state index is 11.5. The number of carbonyl (C=O) groups excluding carboxylic acids is 2. The molecule has 1 aromatic carbocycles. The van der Waals surface area contributed by atoms with E-state index in [4.69, 9.17) is 15.3 Å². The number of ether oxygens (including phenoxy) is 1. The zero-order valence-corrected chi connectivity index (χ0v) is 16.6. The van der Waals surface area contributed by atoms with Crippen molar-refractivity contribution in [3.05, 3.63) is 33.6 Å². The Kier molecular flexibility index (Phi) is 7.70. The zero-order valence-electron chi connectivity index (χ0n) is 15.8. The highest BCUT2D eigenvalue weighted by molar-refractivity contribution is 7.14. The molecule has 2 heterocycles. The van der Waals surface area contributed by atoms with Crippen molar-refractivity contribution < 1.29 is 19.4 Å². The minimum atomic E-state index is -0.686. The number of hydrogen-bond donors (Lipinski definition) is 3. The van der Waals surface area contributed by atoms with Crippen LogP contribution < -0.4 is 15.8 Å². The number of fused-ring (bicyclic) bond motifs is 3. The number of aliphatic hydroxyl groups is 1. The Morgan fingerprint density at radius 1 is 1.54 bits per heavy atom. The first-order valence-electron chi connectivity index (χ1n) is 8.70. The monoisotopic (exact) mass is 401 g/mol. The number of aliphatic hydroxyl groups excluding tert-OH is 1. The lowest BCUT2D eigenvalue weighted by atomic mass is 10.0. The number of carbonyl (C=O) groups is 2. The molecule has 2 atom stereocenters. The molecule has 1 aliphatic heterocycles. The number of amides is 1. The molecule has 0 saturated carbocycles.